The van der Waals surface area contributed by atoms with Gasteiger partial charge in [-0.15, -0.1) is 0 Å². The summed E-state index contributed by atoms with van der Waals surface area (Å²) in [5, 5.41) is 2.86. The van der Waals surface area contributed by atoms with E-state index in [2.05, 4.69) is 10.2 Å². The molecule has 1 aromatic carbocycles. The zero-order chi connectivity index (χ0) is 20.4. The predicted octanol–water partition coefficient (Wildman–Crippen LogP) is 1.76. The topological polar surface area (TPSA) is 86.1 Å². The highest BCUT2D eigenvalue weighted by atomic mass is 16.6. The molecule has 2 atom stereocenters. The molecule has 0 bridgehead atoms. The lowest BCUT2D eigenvalue weighted by Gasteiger charge is -2.18. The highest BCUT2D eigenvalue weighted by Crippen LogP contribution is 2.31. The lowest BCUT2D eigenvalue weighted by atomic mass is 10.2. The third-order valence-electron chi connectivity index (χ3n) is 5.32. The second-order valence-electron chi connectivity index (χ2n) is 7.56. The van der Waals surface area contributed by atoms with E-state index in [1.807, 2.05) is 31.2 Å². The van der Waals surface area contributed by atoms with E-state index in [0.717, 1.165) is 35.9 Å². The zero-order valence-electron chi connectivity index (χ0n) is 17.0. The number of aryl methyl sites for hydroxylation is 1. The predicted molar refractivity (Wildman–Crippen MR) is 106 cm³/mol. The summed E-state index contributed by atoms with van der Waals surface area (Å²) in [5.74, 6) is 2.03. The minimum absolute atomic E-state index is 0.00495. The summed E-state index contributed by atoms with van der Waals surface area (Å²) in [7, 11) is 1.64. The summed E-state index contributed by atoms with van der Waals surface area (Å²) in [6, 6.07) is 7.60. The molecule has 8 nitrogen and oxygen atoms in total. The van der Waals surface area contributed by atoms with E-state index >= 15 is 0 Å². The van der Waals surface area contributed by atoms with Gasteiger partial charge in [0.2, 0.25) is 11.8 Å². The molecule has 156 valence electrons. The second-order valence-corrected chi connectivity index (χ2v) is 7.56. The molecule has 1 N–H and O–H groups in total. The first-order valence-electron chi connectivity index (χ1n) is 9.86. The van der Waals surface area contributed by atoms with Crippen molar-refractivity contribution < 1.29 is 23.4 Å². The monoisotopic (exact) mass is 401 g/mol. The third kappa shape index (κ3) is 4.44. The molecule has 2 aromatic rings. The Kier molecular flexibility index (Phi) is 5.84. The second kappa shape index (κ2) is 8.52. The van der Waals surface area contributed by atoms with E-state index in [1.165, 1.54) is 6.92 Å². The maximum Gasteiger partial charge on any atom is 0.230 e. The first-order valence-corrected chi connectivity index (χ1v) is 9.86. The first-order chi connectivity index (χ1) is 14.0. The molecule has 1 aromatic heterocycles. The summed E-state index contributed by atoms with van der Waals surface area (Å²) in [5.41, 5.74) is 1.74. The van der Waals surface area contributed by atoms with E-state index in [-0.39, 0.29) is 24.2 Å². The van der Waals surface area contributed by atoms with Gasteiger partial charge in [0.25, 0.3) is 0 Å². The molecule has 2 saturated heterocycles. The van der Waals surface area contributed by atoms with E-state index in [0.29, 0.717) is 25.6 Å². The molecule has 1 amide bonds. The van der Waals surface area contributed by atoms with Crippen molar-refractivity contribution in [2.75, 3.05) is 33.4 Å². The van der Waals surface area contributed by atoms with Crippen molar-refractivity contribution in [2.45, 2.75) is 38.6 Å². The summed E-state index contributed by atoms with van der Waals surface area (Å²) in [4.78, 5) is 18.2. The van der Waals surface area contributed by atoms with Crippen molar-refractivity contribution in [3.05, 3.63) is 35.7 Å². The van der Waals surface area contributed by atoms with Gasteiger partial charge in [-0.05, 0) is 19.1 Å². The average Bonchev–Trinajstić information content (AvgIpc) is 3.21. The van der Waals surface area contributed by atoms with Crippen LogP contribution in [0.3, 0.4) is 0 Å². The minimum Gasteiger partial charge on any atom is -0.496 e. The number of rotatable bonds is 5. The summed E-state index contributed by atoms with van der Waals surface area (Å²) in [6.45, 7) is 6.55. The number of fused-ring (bicyclic) bond motifs is 1. The van der Waals surface area contributed by atoms with Crippen LogP contribution < -0.4 is 10.1 Å². The number of methoxy groups -OCH3 is 1. The van der Waals surface area contributed by atoms with Crippen molar-refractivity contribution in [2.24, 2.45) is 0 Å². The molecule has 0 saturated carbocycles. The molecule has 0 unspecified atom stereocenters. The van der Waals surface area contributed by atoms with Crippen molar-refractivity contribution in [1.29, 1.82) is 0 Å². The van der Waals surface area contributed by atoms with E-state index in [4.69, 9.17) is 23.6 Å². The lowest BCUT2D eigenvalue weighted by Crippen LogP contribution is -2.40. The highest BCUT2D eigenvalue weighted by Gasteiger charge is 2.38. The number of oxazole rings is 1. The number of likely N-dealkylation sites (tertiary alicyclic amines) is 1. The van der Waals surface area contributed by atoms with Crippen molar-refractivity contribution in [3.8, 4) is 17.2 Å². The Morgan fingerprint density at radius 3 is 2.59 bits per heavy atom. The van der Waals surface area contributed by atoms with Gasteiger partial charge >= 0.3 is 0 Å². The number of amides is 1. The molecule has 0 aliphatic carbocycles. The Bertz CT molecular complexity index is 852. The fourth-order valence-electron chi connectivity index (χ4n) is 3.89. The minimum atomic E-state index is -0.0901. The molecular weight excluding hydrogens is 374 g/mol. The van der Waals surface area contributed by atoms with Crippen LogP contribution in [0.1, 0.15) is 18.4 Å². The number of para-hydroxylation sites is 1. The first kappa shape index (κ1) is 19.9. The number of hydrogen-bond donors (Lipinski definition) is 1. The van der Waals surface area contributed by atoms with Crippen LogP contribution in [-0.4, -0.2) is 67.5 Å². The number of ether oxygens (including phenoxy) is 3. The van der Waals surface area contributed by atoms with Crippen LogP contribution >= 0.6 is 0 Å². The normalized spacial score (nSPS) is 22.9. The van der Waals surface area contributed by atoms with E-state index < -0.39 is 0 Å². The summed E-state index contributed by atoms with van der Waals surface area (Å²) < 4.78 is 23.3. The Balaban J connectivity index is 1.40. The van der Waals surface area contributed by atoms with Crippen LogP contribution in [0.25, 0.3) is 11.5 Å². The van der Waals surface area contributed by atoms with E-state index in [1.54, 1.807) is 7.11 Å². The van der Waals surface area contributed by atoms with Crippen LogP contribution in [-0.2, 0) is 20.8 Å². The number of carbonyl (C=O) groups is 1. The molecule has 29 heavy (non-hydrogen) atoms. The molecule has 0 spiro atoms. The molecule has 3 heterocycles. The van der Waals surface area contributed by atoms with Gasteiger partial charge in [-0.2, -0.15) is 0 Å². The molecule has 2 aliphatic rings. The molecule has 0 radical (unpaired) electrons. The van der Waals surface area contributed by atoms with Crippen LogP contribution in [0.4, 0.5) is 0 Å². The Morgan fingerprint density at radius 1 is 1.24 bits per heavy atom. The van der Waals surface area contributed by atoms with Gasteiger partial charge in [-0.1, -0.05) is 12.1 Å². The van der Waals surface area contributed by atoms with Gasteiger partial charge in [0, 0.05) is 26.6 Å². The summed E-state index contributed by atoms with van der Waals surface area (Å²) in [6.07, 6.45) is -0.00990. The Morgan fingerprint density at radius 2 is 1.93 bits per heavy atom. The smallest absolute Gasteiger partial charge is 0.230 e. The fourth-order valence-corrected chi connectivity index (χ4v) is 3.89. The maximum atomic E-state index is 11.2. The van der Waals surface area contributed by atoms with Crippen LogP contribution in [0, 0.1) is 6.92 Å². The molecule has 2 aliphatic heterocycles. The number of benzene rings is 1. The zero-order valence-corrected chi connectivity index (χ0v) is 17.0. The largest absolute Gasteiger partial charge is 0.496 e. The SMILES string of the molecule is COc1ccccc1-c1nc(CN2C[C@@H]3OCC(NC(C)=O)CO[C@H]3C2)c(C)o1. The molecule has 2 fully saturated rings. The molecule has 8 heteroatoms. The number of nitrogens with zero attached hydrogens (tertiary/aromatic N) is 2. The number of aromatic nitrogens is 1. The maximum absolute atomic E-state index is 11.2. The van der Waals surface area contributed by atoms with Crippen molar-refractivity contribution in [3.63, 3.8) is 0 Å². The Labute approximate surface area is 170 Å². The molecule has 4 rings (SSSR count). The van der Waals surface area contributed by atoms with Crippen LogP contribution in [0.5, 0.6) is 5.75 Å². The Hall–Kier alpha value is -2.42. The quantitative estimate of drug-likeness (QED) is 0.817. The van der Waals surface area contributed by atoms with Gasteiger partial charge in [0.05, 0.1) is 49.8 Å². The standard InChI is InChI=1S/C21H27N3O5/c1-13-17(23-21(29-13)16-6-4-5-7-18(16)26-3)8-24-9-19-20(10-24)28-12-15(11-27-19)22-14(2)25/h4-7,15,19-20H,8-12H2,1-3H3,(H,22,25)/t19-,20-/m0/s1. The van der Waals surface area contributed by atoms with Crippen LogP contribution in [0.2, 0.25) is 0 Å². The van der Waals surface area contributed by atoms with Gasteiger partial charge in [-0.3, -0.25) is 9.69 Å². The average molecular weight is 401 g/mol. The van der Waals surface area contributed by atoms with Crippen LogP contribution in [0.15, 0.2) is 28.7 Å². The summed E-state index contributed by atoms with van der Waals surface area (Å²) >= 11 is 0. The van der Waals surface area contributed by atoms with Gasteiger partial charge in [-0.25, -0.2) is 4.98 Å². The fraction of sp³-hybridized carbons (Fsp3) is 0.524. The van der Waals surface area contributed by atoms with E-state index in [9.17, 15) is 4.79 Å². The number of nitrogens with one attached hydrogen (secondary N) is 1. The number of hydrogen-bond acceptors (Lipinski definition) is 7. The third-order valence-corrected chi connectivity index (χ3v) is 5.32. The van der Waals surface area contributed by atoms with Crippen molar-refractivity contribution in [1.82, 2.24) is 15.2 Å². The number of carbonyl (C=O) groups excluding carboxylic acids is 1. The highest BCUT2D eigenvalue weighted by molar-refractivity contribution is 5.73. The van der Waals surface area contributed by atoms with Gasteiger partial charge in [0.1, 0.15) is 11.5 Å². The van der Waals surface area contributed by atoms with Gasteiger partial charge in [0.15, 0.2) is 0 Å². The van der Waals surface area contributed by atoms with Gasteiger partial charge < -0.3 is 23.9 Å². The van der Waals surface area contributed by atoms with Crippen molar-refractivity contribution >= 4 is 5.91 Å². The molecular formula is C21H27N3O5. The lowest BCUT2D eigenvalue weighted by molar-refractivity contribution is -0.120.